The number of hydrogen-bond donors (Lipinski definition) is 0. The quantitative estimate of drug-likeness (QED) is 0.769. The van der Waals surface area contributed by atoms with Gasteiger partial charge in [-0.15, -0.1) is 0 Å². The smallest absolute Gasteiger partial charge is 0.416 e. The summed E-state index contributed by atoms with van der Waals surface area (Å²) in [5.41, 5.74) is 0. The molecule has 1 aromatic carbocycles. The van der Waals surface area contributed by atoms with Crippen molar-refractivity contribution in [2.75, 3.05) is 19.7 Å². The molecule has 0 saturated carbocycles. The molecule has 3 aliphatic heterocycles. The van der Waals surface area contributed by atoms with Crippen LogP contribution in [0.1, 0.15) is 6.42 Å². The second-order valence-electron chi connectivity index (χ2n) is 6.42. The summed E-state index contributed by atoms with van der Waals surface area (Å²) in [5.74, 6) is -0.179. The number of amides is 3. The van der Waals surface area contributed by atoms with Crippen LogP contribution in [0.2, 0.25) is 0 Å². The largest absolute Gasteiger partial charge is 0.447 e. The number of piperidine rings is 1. The molecule has 1 aliphatic carbocycles. The average molecular weight is 342 g/mol. The van der Waals surface area contributed by atoms with E-state index in [4.69, 9.17) is 9.47 Å². The fourth-order valence-electron chi connectivity index (χ4n) is 3.67. The summed E-state index contributed by atoms with van der Waals surface area (Å²) in [4.78, 5) is 39.7. The van der Waals surface area contributed by atoms with Gasteiger partial charge in [0.15, 0.2) is 0 Å². The maximum absolute atomic E-state index is 12.7. The van der Waals surface area contributed by atoms with E-state index in [1.54, 1.807) is 29.2 Å². The summed E-state index contributed by atoms with van der Waals surface area (Å²) in [6.45, 7) is 1.01. The van der Waals surface area contributed by atoms with E-state index in [2.05, 4.69) is 0 Å². The number of fused-ring (bicyclic) bond motifs is 2. The van der Waals surface area contributed by atoms with Crippen LogP contribution in [0.4, 0.5) is 9.59 Å². The first-order valence-corrected chi connectivity index (χ1v) is 8.33. The second kappa shape index (κ2) is 6.23. The lowest BCUT2D eigenvalue weighted by Crippen LogP contribution is -2.57. The van der Waals surface area contributed by atoms with Gasteiger partial charge in [-0.3, -0.25) is 4.79 Å². The van der Waals surface area contributed by atoms with Crippen molar-refractivity contribution in [2.24, 2.45) is 11.8 Å². The molecule has 2 bridgehead atoms. The highest BCUT2D eigenvalue weighted by atomic mass is 16.6. The van der Waals surface area contributed by atoms with Crippen LogP contribution < -0.4 is 4.74 Å². The number of rotatable bonds is 2. The topological polar surface area (TPSA) is 76.2 Å². The SMILES string of the molecule is O=C1OCCN1C(=O)[C@H]1C[C@@H]2C=C[C@@H]1N(C(=O)Oc1ccccc1)C2. The molecule has 3 amide bonds. The normalized spacial score (nSPS) is 27.4. The van der Waals surface area contributed by atoms with Gasteiger partial charge in [-0.05, 0) is 24.5 Å². The minimum absolute atomic E-state index is 0.0842. The zero-order valence-electron chi connectivity index (χ0n) is 13.5. The summed E-state index contributed by atoms with van der Waals surface area (Å²) >= 11 is 0. The van der Waals surface area contributed by atoms with Gasteiger partial charge in [0.25, 0.3) is 0 Å². The first kappa shape index (κ1) is 15.7. The maximum atomic E-state index is 12.7. The maximum Gasteiger partial charge on any atom is 0.416 e. The Morgan fingerprint density at radius 2 is 1.96 bits per heavy atom. The molecule has 0 radical (unpaired) electrons. The average Bonchev–Trinajstić information content (AvgIpc) is 3.08. The molecule has 5 rings (SSSR count). The first-order chi connectivity index (χ1) is 12.1. The Kier molecular flexibility index (Phi) is 3.91. The molecule has 25 heavy (non-hydrogen) atoms. The van der Waals surface area contributed by atoms with E-state index < -0.39 is 24.1 Å². The summed E-state index contributed by atoms with van der Waals surface area (Å²) in [5, 5.41) is 0. The molecule has 0 aromatic heterocycles. The zero-order chi connectivity index (χ0) is 17.4. The first-order valence-electron chi connectivity index (χ1n) is 8.33. The lowest BCUT2D eigenvalue weighted by Gasteiger charge is -2.45. The van der Waals surface area contributed by atoms with Gasteiger partial charge in [-0.2, -0.15) is 0 Å². The summed E-state index contributed by atoms with van der Waals surface area (Å²) < 4.78 is 10.3. The number of benzene rings is 1. The summed E-state index contributed by atoms with van der Waals surface area (Å²) in [7, 11) is 0. The highest BCUT2D eigenvalue weighted by molar-refractivity contribution is 5.95. The van der Waals surface area contributed by atoms with Crippen LogP contribution >= 0.6 is 0 Å². The fourth-order valence-corrected chi connectivity index (χ4v) is 3.67. The fraction of sp³-hybridized carbons (Fsp3) is 0.389. The third kappa shape index (κ3) is 2.86. The number of imide groups is 1. The number of nitrogens with zero attached hydrogens (tertiary/aromatic N) is 2. The number of hydrogen-bond acceptors (Lipinski definition) is 5. The standard InChI is InChI=1S/C18H18N2O5/c21-16(19-8-9-24-17(19)22)14-10-12-6-7-15(14)20(11-12)18(23)25-13-4-2-1-3-5-13/h1-7,12,14-15H,8-11H2/t12-,14-,15-/m0/s1. The number of carbonyl (C=O) groups is 3. The Hall–Kier alpha value is -2.83. The van der Waals surface area contributed by atoms with Crippen LogP contribution in [0.15, 0.2) is 42.5 Å². The highest BCUT2D eigenvalue weighted by Gasteiger charge is 2.47. The van der Waals surface area contributed by atoms with E-state index in [0.717, 1.165) is 4.90 Å². The molecule has 2 fully saturated rings. The van der Waals surface area contributed by atoms with Crippen LogP contribution in [-0.4, -0.2) is 53.6 Å². The third-order valence-electron chi connectivity index (χ3n) is 4.87. The van der Waals surface area contributed by atoms with E-state index in [9.17, 15) is 14.4 Å². The van der Waals surface area contributed by atoms with Gasteiger partial charge in [0, 0.05) is 6.54 Å². The van der Waals surface area contributed by atoms with Crippen molar-refractivity contribution in [2.45, 2.75) is 12.5 Å². The Balaban J connectivity index is 1.51. The molecule has 0 N–H and O–H groups in total. The Labute approximate surface area is 144 Å². The van der Waals surface area contributed by atoms with Gasteiger partial charge in [0.05, 0.1) is 18.5 Å². The molecule has 7 heteroatoms. The van der Waals surface area contributed by atoms with Crippen LogP contribution in [0.5, 0.6) is 5.75 Å². The molecule has 0 spiro atoms. The lowest BCUT2D eigenvalue weighted by molar-refractivity contribution is -0.135. The van der Waals surface area contributed by atoms with Gasteiger partial charge >= 0.3 is 12.2 Å². The van der Waals surface area contributed by atoms with Gasteiger partial charge in [-0.1, -0.05) is 30.4 Å². The van der Waals surface area contributed by atoms with E-state index in [1.807, 2.05) is 18.2 Å². The molecule has 4 aliphatic rings. The van der Waals surface area contributed by atoms with Gasteiger partial charge in [0.2, 0.25) is 5.91 Å². The highest BCUT2D eigenvalue weighted by Crippen LogP contribution is 2.36. The van der Waals surface area contributed by atoms with Gasteiger partial charge < -0.3 is 14.4 Å². The van der Waals surface area contributed by atoms with E-state index in [1.165, 1.54) is 0 Å². The minimum Gasteiger partial charge on any atom is -0.447 e. The number of carbonyl (C=O) groups excluding carboxylic acids is 3. The van der Waals surface area contributed by atoms with Gasteiger partial charge in [0.1, 0.15) is 12.4 Å². The molecule has 3 heterocycles. The molecule has 3 atom stereocenters. The predicted octanol–water partition coefficient (Wildman–Crippen LogP) is 2.04. The predicted molar refractivity (Wildman–Crippen MR) is 86.8 cm³/mol. The molecule has 1 aromatic rings. The monoisotopic (exact) mass is 342 g/mol. The minimum atomic E-state index is -0.603. The zero-order valence-corrected chi connectivity index (χ0v) is 13.5. The second-order valence-corrected chi connectivity index (χ2v) is 6.42. The van der Waals surface area contributed by atoms with Gasteiger partial charge in [-0.25, -0.2) is 14.5 Å². The number of para-hydroxylation sites is 1. The van der Waals surface area contributed by atoms with Crippen LogP contribution in [0.3, 0.4) is 0 Å². The van der Waals surface area contributed by atoms with E-state index in [0.29, 0.717) is 18.7 Å². The number of cyclic esters (lactones) is 1. The van der Waals surface area contributed by atoms with Crippen molar-refractivity contribution in [1.82, 2.24) is 9.80 Å². The van der Waals surface area contributed by atoms with Crippen molar-refractivity contribution >= 4 is 18.1 Å². The molecule has 0 unspecified atom stereocenters. The summed E-state index contributed by atoms with van der Waals surface area (Å²) in [6, 6.07) is 8.43. The third-order valence-corrected chi connectivity index (χ3v) is 4.87. The van der Waals surface area contributed by atoms with E-state index in [-0.39, 0.29) is 25.0 Å². The lowest BCUT2D eigenvalue weighted by atomic mass is 9.77. The molecule has 7 nitrogen and oxygen atoms in total. The molecular weight excluding hydrogens is 324 g/mol. The van der Waals surface area contributed by atoms with Crippen molar-refractivity contribution in [3.05, 3.63) is 42.5 Å². The van der Waals surface area contributed by atoms with Crippen molar-refractivity contribution < 1.29 is 23.9 Å². The van der Waals surface area contributed by atoms with Crippen LogP contribution in [0, 0.1) is 11.8 Å². The Bertz CT molecular complexity index is 732. The van der Waals surface area contributed by atoms with E-state index >= 15 is 0 Å². The number of ether oxygens (including phenoxy) is 2. The van der Waals surface area contributed by atoms with Crippen LogP contribution in [0.25, 0.3) is 0 Å². The Morgan fingerprint density at radius 1 is 1.16 bits per heavy atom. The summed E-state index contributed by atoms with van der Waals surface area (Å²) in [6.07, 6.45) is 3.44. The van der Waals surface area contributed by atoms with Crippen molar-refractivity contribution in [3.8, 4) is 5.75 Å². The van der Waals surface area contributed by atoms with Crippen molar-refractivity contribution in [3.63, 3.8) is 0 Å². The molecule has 2 saturated heterocycles. The van der Waals surface area contributed by atoms with Crippen molar-refractivity contribution in [1.29, 1.82) is 0 Å². The molecule has 130 valence electrons. The molecular formula is C18H18N2O5. The van der Waals surface area contributed by atoms with Crippen LogP contribution in [-0.2, 0) is 9.53 Å². The Morgan fingerprint density at radius 3 is 2.64 bits per heavy atom.